The highest BCUT2D eigenvalue weighted by atomic mass is 32.1. The Bertz CT molecular complexity index is 1550. The lowest BCUT2D eigenvalue weighted by atomic mass is 9.89. The predicted octanol–water partition coefficient (Wildman–Crippen LogP) is 5.20. The molecule has 2 aliphatic heterocycles. The van der Waals surface area contributed by atoms with Crippen LogP contribution in [-0.4, -0.2) is 138 Å². The molecule has 0 aromatic heterocycles. The molecule has 338 valence electrons. The van der Waals surface area contributed by atoms with Crippen LogP contribution in [0.15, 0.2) is 30.3 Å². The van der Waals surface area contributed by atoms with E-state index in [2.05, 4.69) is 42.0 Å². The van der Waals surface area contributed by atoms with Crippen LogP contribution in [0, 0.1) is 23.7 Å². The van der Waals surface area contributed by atoms with E-state index in [9.17, 15) is 29.1 Å². The van der Waals surface area contributed by atoms with Gasteiger partial charge >= 0.3 is 5.97 Å². The number of benzene rings is 1. The number of methoxy groups -OCH3 is 2. The van der Waals surface area contributed by atoms with Crippen LogP contribution in [-0.2, 0) is 39.9 Å². The van der Waals surface area contributed by atoms with Crippen molar-refractivity contribution in [3.05, 3.63) is 35.9 Å². The standard InChI is InChI=1S/C46H75N5O8S/c1-9-30(4)40(49(6)45(55)39(29(2)3)48-44(54)41-33-21-22-34(27-33)50(41)23-15-10-11-16-25-60)37(58-7)28-38(52)51-24-17-20-36(51)42(59-8)31(5)43(53)47-35(46(56)57)26-32-18-13-12-14-19-32/h12-14,18-19,29-31,33-37,39-42,60H,9-11,15-17,20-28H2,1-8H3,(H,47,53)(H,48,54)(H,56,57)/t30-,31+,33-,34-,35-,36-,37+,39-,40-,41-,42+/m0/s1. The summed E-state index contributed by atoms with van der Waals surface area (Å²) in [4.78, 5) is 74.6. The Hall–Kier alpha value is -3.20. The quantitative estimate of drug-likeness (QED) is 0.0767. The molecule has 2 saturated heterocycles. The number of carbonyl (C=O) groups excluding carboxylic acids is 4. The number of amides is 4. The molecule has 0 radical (unpaired) electrons. The van der Waals surface area contributed by atoms with Gasteiger partial charge in [-0.2, -0.15) is 12.6 Å². The monoisotopic (exact) mass is 858 g/mol. The maximum Gasteiger partial charge on any atom is 0.326 e. The number of piperidine rings is 1. The molecule has 4 rings (SSSR count). The molecule has 1 aromatic carbocycles. The van der Waals surface area contributed by atoms with Crippen LogP contribution in [0.5, 0.6) is 0 Å². The van der Waals surface area contributed by atoms with Crippen LogP contribution in [0.4, 0.5) is 0 Å². The van der Waals surface area contributed by atoms with Gasteiger partial charge in [-0.25, -0.2) is 4.79 Å². The third kappa shape index (κ3) is 12.5. The number of hydrogen-bond acceptors (Lipinski definition) is 9. The van der Waals surface area contributed by atoms with Crippen LogP contribution >= 0.6 is 12.6 Å². The molecule has 3 fully saturated rings. The number of aliphatic carboxylic acids is 1. The summed E-state index contributed by atoms with van der Waals surface area (Å²) in [5.74, 6) is -1.80. The summed E-state index contributed by atoms with van der Waals surface area (Å²) < 4.78 is 12.0. The maximum absolute atomic E-state index is 14.6. The summed E-state index contributed by atoms with van der Waals surface area (Å²) in [6.07, 6.45) is 8.46. The molecule has 60 heavy (non-hydrogen) atoms. The summed E-state index contributed by atoms with van der Waals surface area (Å²) >= 11 is 4.34. The number of ether oxygens (including phenoxy) is 2. The summed E-state index contributed by atoms with van der Waals surface area (Å²) in [5, 5.41) is 15.8. The number of nitrogens with one attached hydrogen (secondary N) is 2. The topological polar surface area (TPSA) is 158 Å². The lowest BCUT2D eigenvalue weighted by Crippen LogP contribution is -2.60. The fourth-order valence-electron chi connectivity index (χ4n) is 10.2. The molecule has 1 aliphatic carbocycles. The van der Waals surface area contributed by atoms with E-state index in [1.165, 1.54) is 7.11 Å². The largest absolute Gasteiger partial charge is 0.480 e. The Kier molecular flexibility index (Phi) is 19.7. The van der Waals surface area contributed by atoms with E-state index in [0.29, 0.717) is 31.3 Å². The molecular weight excluding hydrogens is 783 g/mol. The summed E-state index contributed by atoms with van der Waals surface area (Å²) in [6, 6.07) is 6.58. The van der Waals surface area contributed by atoms with Crippen molar-refractivity contribution < 1.29 is 38.6 Å². The van der Waals surface area contributed by atoms with Gasteiger partial charge in [0.05, 0.1) is 42.7 Å². The molecule has 2 heterocycles. The van der Waals surface area contributed by atoms with E-state index in [1.54, 1.807) is 30.9 Å². The van der Waals surface area contributed by atoms with Gasteiger partial charge < -0.3 is 35.0 Å². The first-order chi connectivity index (χ1) is 28.7. The van der Waals surface area contributed by atoms with Gasteiger partial charge in [-0.3, -0.25) is 24.1 Å². The highest BCUT2D eigenvalue weighted by Gasteiger charge is 2.50. The molecule has 13 nitrogen and oxygen atoms in total. The van der Waals surface area contributed by atoms with E-state index in [4.69, 9.17) is 9.47 Å². The summed E-state index contributed by atoms with van der Waals surface area (Å²) in [5.41, 5.74) is 0.790. The van der Waals surface area contributed by atoms with Gasteiger partial charge in [0.15, 0.2) is 0 Å². The molecule has 3 N–H and O–H groups in total. The van der Waals surface area contributed by atoms with Crippen LogP contribution in [0.3, 0.4) is 0 Å². The van der Waals surface area contributed by atoms with Crippen LogP contribution in [0.25, 0.3) is 0 Å². The van der Waals surface area contributed by atoms with Crippen molar-refractivity contribution in [2.45, 2.75) is 160 Å². The summed E-state index contributed by atoms with van der Waals surface area (Å²) in [6.45, 7) is 11.1. The number of rotatable bonds is 25. The smallest absolute Gasteiger partial charge is 0.326 e. The Morgan fingerprint density at radius 1 is 0.950 bits per heavy atom. The fourth-order valence-corrected chi connectivity index (χ4v) is 10.4. The minimum absolute atomic E-state index is 0.00159. The van der Waals surface area contributed by atoms with Crippen molar-refractivity contribution in [3.63, 3.8) is 0 Å². The van der Waals surface area contributed by atoms with E-state index in [-0.39, 0.29) is 48.4 Å². The molecule has 3 aliphatic rings. The second-order valence-corrected chi connectivity index (χ2v) is 18.4. The Labute approximate surface area is 364 Å². The zero-order valence-corrected chi connectivity index (χ0v) is 38.4. The van der Waals surface area contributed by atoms with Crippen LogP contribution < -0.4 is 10.6 Å². The van der Waals surface area contributed by atoms with E-state index >= 15 is 0 Å². The lowest BCUT2D eigenvalue weighted by molar-refractivity contribution is -0.148. The molecule has 11 atom stereocenters. The zero-order valence-electron chi connectivity index (χ0n) is 37.5. The van der Waals surface area contributed by atoms with E-state index in [1.807, 2.05) is 44.2 Å². The highest BCUT2D eigenvalue weighted by Crippen LogP contribution is 2.43. The minimum atomic E-state index is -1.13. The van der Waals surface area contributed by atoms with Gasteiger partial charge in [-0.1, -0.05) is 84.2 Å². The van der Waals surface area contributed by atoms with Crippen LogP contribution in [0.2, 0.25) is 0 Å². The fraction of sp³-hybridized carbons (Fsp3) is 0.761. The Balaban J connectivity index is 1.45. The number of carbonyl (C=O) groups is 5. The first-order valence-corrected chi connectivity index (χ1v) is 23.2. The number of likely N-dealkylation sites (tertiary alicyclic amines) is 2. The SMILES string of the molecule is CC[C@H](C)[C@@H]([C@@H](CC(=O)N1CCC[C@H]1[C@H](OC)[C@@H](C)C(=O)N[C@@H](Cc1ccccc1)C(=O)O)OC)N(C)C(=O)[C@@H](NC(=O)[C@@H]1[C@H]2CC[C@@H](C2)N1CCCCCCS)C(C)C. The van der Waals surface area contributed by atoms with Crippen molar-refractivity contribution in [1.29, 1.82) is 0 Å². The van der Waals surface area contributed by atoms with Gasteiger partial charge in [-0.05, 0) is 80.6 Å². The minimum Gasteiger partial charge on any atom is -0.480 e. The maximum atomic E-state index is 14.6. The molecule has 1 saturated carbocycles. The third-order valence-electron chi connectivity index (χ3n) is 13.7. The molecule has 14 heteroatoms. The van der Waals surface area contributed by atoms with Crippen molar-refractivity contribution in [2.75, 3.05) is 40.1 Å². The first kappa shape index (κ1) is 49.5. The number of nitrogens with zero attached hydrogens (tertiary/aromatic N) is 3. The van der Waals surface area contributed by atoms with Crippen LogP contribution in [0.1, 0.15) is 111 Å². The van der Waals surface area contributed by atoms with E-state index < -0.39 is 54.2 Å². The van der Waals surface area contributed by atoms with Crippen molar-refractivity contribution in [1.82, 2.24) is 25.3 Å². The summed E-state index contributed by atoms with van der Waals surface area (Å²) in [7, 11) is 4.83. The van der Waals surface area contributed by atoms with E-state index in [0.717, 1.165) is 69.2 Å². The Morgan fingerprint density at radius 2 is 1.65 bits per heavy atom. The molecular formula is C46H75N5O8S. The lowest BCUT2D eigenvalue weighted by Gasteiger charge is -2.41. The van der Waals surface area contributed by atoms with Gasteiger partial charge in [0, 0.05) is 40.3 Å². The van der Waals surface area contributed by atoms with Crippen molar-refractivity contribution >= 4 is 42.2 Å². The van der Waals surface area contributed by atoms with Crippen molar-refractivity contribution in [2.24, 2.45) is 23.7 Å². The van der Waals surface area contributed by atoms with Crippen molar-refractivity contribution in [3.8, 4) is 0 Å². The number of hydrogen-bond donors (Lipinski definition) is 4. The molecule has 0 spiro atoms. The second-order valence-electron chi connectivity index (χ2n) is 18.0. The second kappa shape index (κ2) is 23.9. The van der Waals surface area contributed by atoms with Gasteiger partial charge in [0.2, 0.25) is 23.6 Å². The Morgan fingerprint density at radius 3 is 2.27 bits per heavy atom. The number of unbranched alkanes of at least 4 members (excludes halogenated alkanes) is 3. The highest BCUT2D eigenvalue weighted by molar-refractivity contribution is 7.80. The van der Waals surface area contributed by atoms with Gasteiger partial charge in [0.1, 0.15) is 12.1 Å². The molecule has 1 aromatic rings. The predicted molar refractivity (Wildman–Crippen MR) is 237 cm³/mol. The number of carboxylic acids is 1. The number of fused-ring (bicyclic) bond motifs is 2. The molecule has 0 unspecified atom stereocenters. The molecule has 4 amide bonds. The number of carboxylic acid groups (broad SMARTS) is 1. The first-order valence-electron chi connectivity index (χ1n) is 22.5. The van der Waals surface area contributed by atoms with Gasteiger partial charge in [0.25, 0.3) is 0 Å². The number of likely N-dealkylation sites (N-methyl/N-ethyl adjacent to an activating group) is 1. The normalized spacial score (nSPS) is 23.7. The average Bonchev–Trinajstić information content (AvgIpc) is 4.00. The number of thiol groups is 1. The molecule has 2 bridgehead atoms. The zero-order chi connectivity index (χ0) is 44.1. The average molecular weight is 858 g/mol. The van der Waals surface area contributed by atoms with Gasteiger partial charge in [-0.15, -0.1) is 0 Å². The third-order valence-corrected chi connectivity index (χ3v) is 14.0.